The van der Waals surface area contributed by atoms with E-state index in [2.05, 4.69) is 10.3 Å². The summed E-state index contributed by atoms with van der Waals surface area (Å²) in [5.74, 6) is -1.51. The standard InChI is InChI=1S/C23H21FN2O4/c1-2-3-14-25-22(29)21-20(16-9-11-18(24)12-10-16)26-23(30-21)17-7-4-15(5-8-17)6-13-19(27)28/h4-13H,2-3,14H2,1H3,(H,25,29)(H,27,28). The third-order valence-electron chi connectivity index (χ3n) is 4.34. The smallest absolute Gasteiger partial charge is 0.328 e. The molecule has 0 bridgehead atoms. The Kier molecular flexibility index (Phi) is 6.75. The number of benzene rings is 2. The molecule has 0 aliphatic rings. The van der Waals surface area contributed by atoms with Crippen LogP contribution in [0.4, 0.5) is 4.39 Å². The SMILES string of the molecule is CCCCNC(=O)c1oc(-c2ccc(C=CC(=O)O)cc2)nc1-c1ccc(F)cc1. The first-order valence-corrected chi connectivity index (χ1v) is 9.54. The van der Waals surface area contributed by atoms with E-state index in [-0.39, 0.29) is 23.4 Å². The van der Waals surface area contributed by atoms with Gasteiger partial charge in [-0.05, 0) is 54.5 Å². The number of rotatable bonds is 8. The quantitative estimate of drug-likeness (QED) is 0.414. The first-order chi connectivity index (χ1) is 14.5. The fraction of sp³-hybridized carbons (Fsp3) is 0.174. The fourth-order valence-corrected chi connectivity index (χ4v) is 2.76. The van der Waals surface area contributed by atoms with Gasteiger partial charge in [0.1, 0.15) is 11.5 Å². The molecule has 0 fully saturated rings. The molecule has 0 radical (unpaired) electrons. The zero-order valence-corrected chi connectivity index (χ0v) is 16.4. The highest BCUT2D eigenvalue weighted by Crippen LogP contribution is 2.29. The molecule has 2 N–H and O–H groups in total. The number of aliphatic carboxylic acids is 1. The predicted molar refractivity (Wildman–Crippen MR) is 111 cm³/mol. The van der Waals surface area contributed by atoms with E-state index < -0.39 is 5.97 Å². The van der Waals surface area contributed by atoms with Crippen molar-refractivity contribution in [1.29, 1.82) is 0 Å². The Morgan fingerprint density at radius 2 is 1.77 bits per heavy atom. The summed E-state index contributed by atoms with van der Waals surface area (Å²) in [6.45, 7) is 2.54. The molecule has 0 saturated heterocycles. The number of carboxylic acid groups (broad SMARTS) is 1. The molecule has 3 aromatic rings. The van der Waals surface area contributed by atoms with Crippen molar-refractivity contribution in [3.05, 3.63) is 71.7 Å². The van der Waals surface area contributed by atoms with Gasteiger partial charge in [-0.15, -0.1) is 0 Å². The zero-order chi connectivity index (χ0) is 21.5. The Morgan fingerprint density at radius 1 is 1.10 bits per heavy atom. The molecule has 0 aliphatic carbocycles. The van der Waals surface area contributed by atoms with Gasteiger partial charge in [0, 0.05) is 23.7 Å². The summed E-state index contributed by atoms with van der Waals surface area (Å²) in [6.07, 6.45) is 4.29. The van der Waals surface area contributed by atoms with Crippen LogP contribution in [0.1, 0.15) is 35.9 Å². The maximum atomic E-state index is 13.3. The van der Waals surface area contributed by atoms with E-state index in [0.29, 0.717) is 28.9 Å². The van der Waals surface area contributed by atoms with Crippen LogP contribution in [0.15, 0.2) is 59.0 Å². The molecule has 1 heterocycles. The van der Waals surface area contributed by atoms with Gasteiger partial charge in [0.15, 0.2) is 0 Å². The summed E-state index contributed by atoms with van der Waals surface area (Å²) in [6, 6.07) is 12.6. The predicted octanol–water partition coefficient (Wildman–Crippen LogP) is 4.78. The minimum atomic E-state index is -1.03. The molecule has 0 aliphatic heterocycles. The van der Waals surface area contributed by atoms with E-state index >= 15 is 0 Å². The fourth-order valence-electron chi connectivity index (χ4n) is 2.76. The molecular formula is C23H21FN2O4. The van der Waals surface area contributed by atoms with E-state index in [1.54, 1.807) is 36.4 Å². The summed E-state index contributed by atoms with van der Waals surface area (Å²) in [7, 11) is 0. The average molecular weight is 408 g/mol. The number of hydrogen-bond donors (Lipinski definition) is 2. The van der Waals surface area contributed by atoms with Crippen LogP contribution in [0.2, 0.25) is 0 Å². The monoisotopic (exact) mass is 408 g/mol. The lowest BCUT2D eigenvalue weighted by Gasteiger charge is -2.03. The first-order valence-electron chi connectivity index (χ1n) is 9.54. The molecule has 7 heteroatoms. The Balaban J connectivity index is 1.95. The van der Waals surface area contributed by atoms with Gasteiger partial charge in [-0.1, -0.05) is 25.5 Å². The third kappa shape index (κ3) is 5.20. The lowest BCUT2D eigenvalue weighted by Crippen LogP contribution is -2.24. The van der Waals surface area contributed by atoms with Crippen molar-refractivity contribution in [1.82, 2.24) is 10.3 Å². The minimum absolute atomic E-state index is 0.0579. The van der Waals surface area contributed by atoms with Crippen LogP contribution in [0.25, 0.3) is 28.8 Å². The van der Waals surface area contributed by atoms with Crippen molar-refractivity contribution in [2.24, 2.45) is 0 Å². The molecule has 1 aromatic heterocycles. The van der Waals surface area contributed by atoms with Crippen LogP contribution in [0, 0.1) is 5.82 Å². The van der Waals surface area contributed by atoms with E-state index in [0.717, 1.165) is 18.9 Å². The lowest BCUT2D eigenvalue weighted by molar-refractivity contribution is -0.131. The maximum Gasteiger partial charge on any atom is 0.328 e. The van der Waals surface area contributed by atoms with Crippen molar-refractivity contribution >= 4 is 18.0 Å². The molecule has 3 rings (SSSR count). The van der Waals surface area contributed by atoms with Crippen LogP contribution >= 0.6 is 0 Å². The third-order valence-corrected chi connectivity index (χ3v) is 4.34. The Morgan fingerprint density at radius 3 is 2.40 bits per heavy atom. The number of halogens is 1. The number of amides is 1. The molecule has 0 spiro atoms. The van der Waals surface area contributed by atoms with Crippen LogP contribution in [-0.4, -0.2) is 28.5 Å². The molecule has 0 unspecified atom stereocenters. The van der Waals surface area contributed by atoms with Gasteiger partial charge in [0.25, 0.3) is 5.91 Å². The summed E-state index contributed by atoms with van der Waals surface area (Å²) < 4.78 is 19.1. The average Bonchev–Trinajstić information content (AvgIpc) is 3.19. The molecule has 2 aromatic carbocycles. The number of carbonyl (C=O) groups is 2. The van der Waals surface area contributed by atoms with Crippen LogP contribution in [0.5, 0.6) is 0 Å². The van der Waals surface area contributed by atoms with Crippen molar-refractivity contribution < 1.29 is 23.5 Å². The number of aromatic nitrogens is 1. The first kappa shape index (κ1) is 21.0. The lowest BCUT2D eigenvalue weighted by atomic mass is 10.1. The minimum Gasteiger partial charge on any atom is -0.478 e. The highest BCUT2D eigenvalue weighted by Gasteiger charge is 2.22. The summed E-state index contributed by atoms with van der Waals surface area (Å²) in [5.41, 5.74) is 2.21. The second kappa shape index (κ2) is 9.65. The molecule has 1 amide bonds. The van der Waals surface area contributed by atoms with E-state index in [9.17, 15) is 14.0 Å². The Bertz CT molecular complexity index is 1050. The summed E-state index contributed by atoms with van der Waals surface area (Å²) in [4.78, 5) is 27.8. The molecule has 6 nitrogen and oxygen atoms in total. The van der Waals surface area contributed by atoms with E-state index in [4.69, 9.17) is 9.52 Å². The normalized spacial score (nSPS) is 11.0. The number of unbranched alkanes of at least 4 members (excludes halogenated alkanes) is 1. The Labute approximate surface area is 173 Å². The number of carbonyl (C=O) groups excluding carboxylic acids is 1. The van der Waals surface area contributed by atoms with Crippen LogP contribution in [0.3, 0.4) is 0 Å². The number of nitrogens with one attached hydrogen (secondary N) is 1. The van der Waals surface area contributed by atoms with Gasteiger partial charge in [-0.25, -0.2) is 14.2 Å². The van der Waals surface area contributed by atoms with Gasteiger partial charge >= 0.3 is 5.97 Å². The van der Waals surface area contributed by atoms with Crippen LogP contribution in [-0.2, 0) is 4.79 Å². The van der Waals surface area contributed by atoms with Gasteiger partial charge in [-0.2, -0.15) is 0 Å². The molecule has 0 saturated carbocycles. The second-order valence-corrected chi connectivity index (χ2v) is 6.61. The molecular weight excluding hydrogens is 387 g/mol. The maximum absolute atomic E-state index is 13.3. The van der Waals surface area contributed by atoms with Crippen molar-refractivity contribution in [2.45, 2.75) is 19.8 Å². The van der Waals surface area contributed by atoms with E-state index in [1.807, 2.05) is 6.92 Å². The van der Waals surface area contributed by atoms with E-state index in [1.165, 1.54) is 18.2 Å². The van der Waals surface area contributed by atoms with Gasteiger partial charge in [0.05, 0.1) is 0 Å². The summed E-state index contributed by atoms with van der Waals surface area (Å²) >= 11 is 0. The number of carboxylic acids is 1. The highest BCUT2D eigenvalue weighted by atomic mass is 19.1. The number of oxazole rings is 1. The largest absolute Gasteiger partial charge is 0.478 e. The van der Waals surface area contributed by atoms with Crippen molar-refractivity contribution in [2.75, 3.05) is 6.54 Å². The second-order valence-electron chi connectivity index (χ2n) is 6.61. The summed E-state index contributed by atoms with van der Waals surface area (Å²) in [5, 5.41) is 11.5. The van der Waals surface area contributed by atoms with Crippen LogP contribution < -0.4 is 5.32 Å². The van der Waals surface area contributed by atoms with Gasteiger partial charge in [0.2, 0.25) is 11.7 Å². The topological polar surface area (TPSA) is 92.4 Å². The van der Waals surface area contributed by atoms with Crippen molar-refractivity contribution in [3.8, 4) is 22.7 Å². The number of hydrogen-bond acceptors (Lipinski definition) is 4. The number of nitrogens with zero attached hydrogens (tertiary/aromatic N) is 1. The molecule has 0 atom stereocenters. The van der Waals surface area contributed by atoms with Gasteiger partial charge in [-0.3, -0.25) is 4.79 Å². The zero-order valence-electron chi connectivity index (χ0n) is 16.4. The van der Waals surface area contributed by atoms with Gasteiger partial charge < -0.3 is 14.8 Å². The van der Waals surface area contributed by atoms with Crippen molar-refractivity contribution in [3.63, 3.8) is 0 Å². The molecule has 154 valence electrons. The molecule has 30 heavy (non-hydrogen) atoms. The Hall–Kier alpha value is -3.74. The highest BCUT2D eigenvalue weighted by molar-refractivity contribution is 5.97.